The zero-order chi connectivity index (χ0) is 8.97. The van der Waals surface area contributed by atoms with Gasteiger partial charge in [-0.2, -0.15) is 5.26 Å². The minimum atomic E-state index is 0.506. The minimum Gasteiger partial charge on any atom is -0.302 e. The molecule has 0 aromatic carbocycles. The van der Waals surface area contributed by atoms with Crippen LogP contribution in [0.3, 0.4) is 0 Å². The zero-order valence-corrected chi connectivity index (χ0v) is 8.01. The molecular formula is C10H18N2. The molecule has 3 atom stereocenters. The Hall–Kier alpha value is -0.550. The predicted octanol–water partition coefficient (Wildman–Crippen LogP) is 1.92. The first-order valence-electron chi connectivity index (χ1n) is 4.84. The van der Waals surface area contributed by atoms with Crippen molar-refractivity contribution in [2.24, 2.45) is 11.8 Å². The molecule has 2 heteroatoms. The van der Waals surface area contributed by atoms with Crippen molar-refractivity contribution in [2.45, 2.75) is 39.2 Å². The number of nitrogens with one attached hydrogen (secondary N) is 1. The molecule has 1 aliphatic rings. The van der Waals surface area contributed by atoms with Crippen LogP contribution in [0.1, 0.15) is 33.1 Å². The van der Waals surface area contributed by atoms with Gasteiger partial charge in [-0.15, -0.1) is 0 Å². The van der Waals surface area contributed by atoms with E-state index in [4.69, 9.17) is 5.26 Å². The maximum absolute atomic E-state index is 8.40. The van der Waals surface area contributed by atoms with Gasteiger partial charge >= 0.3 is 0 Å². The lowest BCUT2D eigenvalue weighted by Crippen LogP contribution is -2.36. The predicted molar refractivity (Wildman–Crippen MR) is 49.6 cm³/mol. The minimum absolute atomic E-state index is 0.506. The largest absolute Gasteiger partial charge is 0.302 e. The molecule has 0 aliphatic heterocycles. The average Bonchev–Trinajstić information content (AvgIpc) is 2.07. The van der Waals surface area contributed by atoms with Crippen LogP contribution >= 0.6 is 0 Å². The highest BCUT2D eigenvalue weighted by atomic mass is 14.9. The van der Waals surface area contributed by atoms with E-state index in [0.29, 0.717) is 12.6 Å². The van der Waals surface area contributed by atoms with Crippen LogP contribution in [-0.4, -0.2) is 12.6 Å². The third kappa shape index (κ3) is 2.49. The normalized spacial score (nSPS) is 35.9. The van der Waals surface area contributed by atoms with E-state index in [1.165, 1.54) is 19.3 Å². The second-order valence-electron chi connectivity index (χ2n) is 4.00. The smallest absolute Gasteiger partial charge is 0.0843 e. The Kier molecular flexibility index (Phi) is 3.55. The van der Waals surface area contributed by atoms with Crippen LogP contribution in [0.5, 0.6) is 0 Å². The molecule has 1 saturated carbocycles. The van der Waals surface area contributed by atoms with Crippen LogP contribution < -0.4 is 5.32 Å². The van der Waals surface area contributed by atoms with Gasteiger partial charge in [0.2, 0.25) is 0 Å². The van der Waals surface area contributed by atoms with Crippen molar-refractivity contribution >= 4 is 0 Å². The Balaban J connectivity index is 2.26. The van der Waals surface area contributed by atoms with Gasteiger partial charge in [-0.3, -0.25) is 0 Å². The first kappa shape index (κ1) is 9.54. The van der Waals surface area contributed by atoms with Crippen LogP contribution in [-0.2, 0) is 0 Å². The summed E-state index contributed by atoms with van der Waals surface area (Å²) in [6.07, 6.45) is 3.79. The molecule has 0 aromatic heterocycles. The molecule has 1 aliphatic carbocycles. The lowest BCUT2D eigenvalue weighted by atomic mass is 9.79. The van der Waals surface area contributed by atoms with Gasteiger partial charge in [-0.25, -0.2) is 0 Å². The van der Waals surface area contributed by atoms with E-state index < -0.39 is 0 Å². The Morgan fingerprint density at radius 1 is 1.33 bits per heavy atom. The van der Waals surface area contributed by atoms with Gasteiger partial charge in [0.15, 0.2) is 0 Å². The maximum Gasteiger partial charge on any atom is 0.0843 e. The van der Waals surface area contributed by atoms with Gasteiger partial charge in [-0.05, 0) is 31.1 Å². The monoisotopic (exact) mass is 166 g/mol. The van der Waals surface area contributed by atoms with Gasteiger partial charge in [0.25, 0.3) is 0 Å². The number of rotatable bonds is 2. The summed E-state index contributed by atoms with van der Waals surface area (Å²) >= 11 is 0. The van der Waals surface area contributed by atoms with Gasteiger partial charge in [0, 0.05) is 6.04 Å². The lowest BCUT2D eigenvalue weighted by Gasteiger charge is -2.32. The zero-order valence-electron chi connectivity index (χ0n) is 8.01. The van der Waals surface area contributed by atoms with E-state index in [2.05, 4.69) is 25.2 Å². The summed E-state index contributed by atoms with van der Waals surface area (Å²) in [6, 6.07) is 2.72. The third-order valence-corrected chi connectivity index (χ3v) is 3.07. The molecule has 0 heterocycles. The van der Waals surface area contributed by atoms with Gasteiger partial charge in [-0.1, -0.05) is 13.8 Å². The molecule has 2 nitrogen and oxygen atoms in total. The van der Waals surface area contributed by atoms with Crippen LogP contribution in [0.25, 0.3) is 0 Å². The van der Waals surface area contributed by atoms with E-state index >= 15 is 0 Å². The first-order valence-corrected chi connectivity index (χ1v) is 4.84. The topological polar surface area (TPSA) is 35.8 Å². The van der Waals surface area contributed by atoms with Crippen molar-refractivity contribution in [1.82, 2.24) is 5.32 Å². The summed E-state index contributed by atoms with van der Waals surface area (Å²) in [5, 5.41) is 11.7. The van der Waals surface area contributed by atoms with Gasteiger partial charge in [0.05, 0.1) is 12.6 Å². The van der Waals surface area contributed by atoms with E-state index in [1.807, 2.05) is 0 Å². The Bertz CT molecular complexity index is 171. The Morgan fingerprint density at radius 3 is 2.67 bits per heavy atom. The van der Waals surface area contributed by atoms with Crippen molar-refractivity contribution < 1.29 is 0 Å². The molecule has 0 radical (unpaired) electrons. The second kappa shape index (κ2) is 4.47. The van der Waals surface area contributed by atoms with Crippen molar-refractivity contribution in [2.75, 3.05) is 6.54 Å². The van der Waals surface area contributed by atoms with Crippen LogP contribution in [0, 0.1) is 23.2 Å². The Labute approximate surface area is 75.0 Å². The molecule has 0 aromatic rings. The van der Waals surface area contributed by atoms with Crippen molar-refractivity contribution in [3.8, 4) is 6.07 Å². The SMILES string of the molecule is CC1CCC(NCC#N)CC1C. The molecule has 0 bridgehead atoms. The molecule has 0 spiro atoms. The van der Waals surface area contributed by atoms with Crippen LogP contribution in [0.4, 0.5) is 0 Å². The summed E-state index contributed by atoms with van der Waals surface area (Å²) in [7, 11) is 0. The van der Waals surface area contributed by atoms with Gasteiger partial charge in [0.1, 0.15) is 0 Å². The van der Waals surface area contributed by atoms with E-state index in [0.717, 1.165) is 11.8 Å². The molecule has 12 heavy (non-hydrogen) atoms. The van der Waals surface area contributed by atoms with E-state index in [9.17, 15) is 0 Å². The molecule has 0 amide bonds. The molecule has 3 unspecified atom stereocenters. The molecular weight excluding hydrogens is 148 g/mol. The molecule has 1 N–H and O–H groups in total. The highest BCUT2D eigenvalue weighted by Crippen LogP contribution is 2.28. The van der Waals surface area contributed by atoms with Crippen LogP contribution in [0.2, 0.25) is 0 Å². The van der Waals surface area contributed by atoms with Crippen molar-refractivity contribution in [1.29, 1.82) is 5.26 Å². The summed E-state index contributed by atoms with van der Waals surface area (Å²) in [5.74, 6) is 1.68. The summed E-state index contributed by atoms with van der Waals surface area (Å²) in [4.78, 5) is 0. The number of hydrogen-bond donors (Lipinski definition) is 1. The second-order valence-corrected chi connectivity index (χ2v) is 4.00. The average molecular weight is 166 g/mol. The highest BCUT2D eigenvalue weighted by Gasteiger charge is 2.23. The summed E-state index contributed by atoms with van der Waals surface area (Å²) in [6.45, 7) is 5.14. The molecule has 1 fully saturated rings. The molecule has 1 rings (SSSR count). The Morgan fingerprint density at radius 2 is 2.08 bits per heavy atom. The first-order chi connectivity index (χ1) is 5.74. The van der Waals surface area contributed by atoms with Gasteiger partial charge < -0.3 is 5.32 Å². The summed E-state index contributed by atoms with van der Waals surface area (Å²) in [5.41, 5.74) is 0. The van der Waals surface area contributed by atoms with Crippen LogP contribution in [0.15, 0.2) is 0 Å². The molecule has 0 saturated heterocycles. The molecule has 68 valence electrons. The van der Waals surface area contributed by atoms with Crippen molar-refractivity contribution in [3.05, 3.63) is 0 Å². The fourth-order valence-corrected chi connectivity index (χ4v) is 1.92. The van der Waals surface area contributed by atoms with Crippen molar-refractivity contribution in [3.63, 3.8) is 0 Å². The fraction of sp³-hybridized carbons (Fsp3) is 0.900. The number of hydrogen-bond acceptors (Lipinski definition) is 2. The highest BCUT2D eigenvalue weighted by molar-refractivity contribution is 4.83. The number of nitriles is 1. The number of nitrogens with zero attached hydrogens (tertiary/aromatic N) is 1. The maximum atomic E-state index is 8.40. The standard InChI is InChI=1S/C10H18N2/c1-8-3-4-10(7-9(8)2)12-6-5-11/h8-10,12H,3-4,6-7H2,1-2H3. The lowest BCUT2D eigenvalue weighted by molar-refractivity contribution is 0.230. The third-order valence-electron chi connectivity index (χ3n) is 3.07. The fourth-order valence-electron chi connectivity index (χ4n) is 1.92. The summed E-state index contributed by atoms with van der Waals surface area (Å²) < 4.78 is 0. The quantitative estimate of drug-likeness (QED) is 0.636. The van der Waals surface area contributed by atoms with E-state index in [1.54, 1.807) is 0 Å². The van der Waals surface area contributed by atoms with E-state index in [-0.39, 0.29) is 0 Å².